The van der Waals surface area contributed by atoms with Crippen LogP contribution in [0.15, 0.2) is 23.4 Å². The number of aryl methyl sites for hydroxylation is 1. The maximum atomic E-state index is 11.5. The number of hydrogen-bond donors (Lipinski definition) is 0. The molecular formula is C10H9Cl2NO. The van der Waals surface area contributed by atoms with Crippen molar-refractivity contribution in [2.45, 2.75) is 13.8 Å². The van der Waals surface area contributed by atoms with Crippen LogP contribution in [0.1, 0.15) is 23.0 Å². The topological polar surface area (TPSA) is 30.0 Å². The Balaban J connectivity index is 3.08. The van der Waals surface area contributed by atoms with Gasteiger partial charge in [-0.2, -0.15) is 0 Å². The van der Waals surface area contributed by atoms with E-state index in [0.717, 1.165) is 5.69 Å². The number of hydrogen-bond acceptors (Lipinski definition) is 2. The van der Waals surface area contributed by atoms with E-state index in [-0.39, 0.29) is 5.78 Å². The van der Waals surface area contributed by atoms with Gasteiger partial charge < -0.3 is 0 Å². The summed E-state index contributed by atoms with van der Waals surface area (Å²) in [5.74, 6) is -0.227. The number of pyridine rings is 1. The maximum Gasteiger partial charge on any atom is 0.190 e. The zero-order chi connectivity index (χ0) is 10.7. The highest BCUT2D eigenvalue weighted by molar-refractivity contribution is 6.36. The fourth-order valence-corrected chi connectivity index (χ4v) is 1.37. The third-order valence-electron chi connectivity index (χ3n) is 1.59. The molecule has 0 aliphatic heterocycles. The minimum absolute atomic E-state index is 0.227. The molecule has 1 aromatic rings. The molecule has 1 aromatic heterocycles. The monoisotopic (exact) mass is 229 g/mol. The van der Waals surface area contributed by atoms with Crippen LogP contribution in [-0.4, -0.2) is 10.8 Å². The molecule has 4 heteroatoms. The molecule has 0 radical (unpaired) electrons. The highest BCUT2D eigenvalue weighted by Crippen LogP contribution is 2.17. The van der Waals surface area contributed by atoms with Gasteiger partial charge in [0.15, 0.2) is 5.78 Å². The Hall–Kier alpha value is -0.860. The Morgan fingerprint density at radius 1 is 1.57 bits per heavy atom. The van der Waals surface area contributed by atoms with Crippen molar-refractivity contribution in [2.75, 3.05) is 0 Å². The van der Waals surface area contributed by atoms with Gasteiger partial charge in [0, 0.05) is 23.0 Å². The smallest absolute Gasteiger partial charge is 0.190 e. The standard InChI is InChI=1S/C10H9Cl2NO/c1-6(11)3-10(14)8-5-13-7(2)4-9(8)12/h3-5H,1-2H3/b6-3-. The number of carbonyl (C=O) groups is 1. The van der Waals surface area contributed by atoms with Gasteiger partial charge in [0.1, 0.15) is 0 Å². The van der Waals surface area contributed by atoms with E-state index in [1.807, 2.05) is 6.92 Å². The van der Waals surface area contributed by atoms with E-state index in [4.69, 9.17) is 23.2 Å². The first kappa shape index (κ1) is 11.2. The van der Waals surface area contributed by atoms with Crippen LogP contribution in [0.2, 0.25) is 5.02 Å². The molecule has 1 rings (SSSR count). The lowest BCUT2D eigenvalue weighted by molar-refractivity contribution is 0.104. The summed E-state index contributed by atoms with van der Waals surface area (Å²) in [6.45, 7) is 3.44. The van der Waals surface area contributed by atoms with E-state index < -0.39 is 0 Å². The first-order valence-corrected chi connectivity index (χ1v) is 4.76. The SMILES string of the molecule is C/C(Cl)=C/C(=O)c1cnc(C)cc1Cl. The fourth-order valence-electron chi connectivity index (χ4n) is 0.966. The summed E-state index contributed by atoms with van der Waals surface area (Å²) < 4.78 is 0. The summed E-state index contributed by atoms with van der Waals surface area (Å²) in [5, 5.41) is 0.823. The van der Waals surface area contributed by atoms with Crippen molar-refractivity contribution < 1.29 is 4.79 Å². The van der Waals surface area contributed by atoms with Gasteiger partial charge in [0.05, 0.1) is 10.6 Å². The molecule has 0 unspecified atom stereocenters. The molecule has 74 valence electrons. The van der Waals surface area contributed by atoms with Crippen molar-refractivity contribution in [2.24, 2.45) is 0 Å². The van der Waals surface area contributed by atoms with Crippen molar-refractivity contribution in [3.8, 4) is 0 Å². The number of allylic oxidation sites excluding steroid dienone is 2. The van der Waals surface area contributed by atoms with Crippen LogP contribution in [0.4, 0.5) is 0 Å². The summed E-state index contributed by atoms with van der Waals surface area (Å²) in [7, 11) is 0. The van der Waals surface area contributed by atoms with E-state index >= 15 is 0 Å². The number of aromatic nitrogens is 1. The Labute approximate surface area is 92.6 Å². The highest BCUT2D eigenvalue weighted by atomic mass is 35.5. The van der Waals surface area contributed by atoms with Gasteiger partial charge in [0.25, 0.3) is 0 Å². The lowest BCUT2D eigenvalue weighted by Gasteiger charge is -2.00. The van der Waals surface area contributed by atoms with Crippen LogP contribution < -0.4 is 0 Å². The zero-order valence-corrected chi connectivity index (χ0v) is 9.36. The van der Waals surface area contributed by atoms with Gasteiger partial charge in [-0.3, -0.25) is 9.78 Å². The predicted octanol–water partition coefficient (Wildman–Crippen LogP) is 3.37. The predicted molar refractivity (Wildman–Crippen MR) is 57.9 cm³/mol. The van der Waals surface area contributed by atoms with Crippen LogP contribution in [-0.2, 0) is 0 Å². The second-order valence-electron chi connectivity index (χ2n) is 2.90. The molecular weight excluding hydrogens is 221 g/mol. The van der Waals surface area contributed by atoms with Crippen LogP contribution >= 0.6 is 23.2 Å². The molecule has 0 saturated carbocycles. The van der Waals surface area contributed by atoms with Gasteiger partial charge in [-0.05, 0) is 19.9 Å². The molecule has 0 aliphatic carbocycles. The average Bonchev–Trinajstić information content (AvgIpc) is 2.01. The first-order chi connectivity index (χ1) is 6.50. The molecule has 1 heterocycles. The Kier molecular flexibility index (Phi) is 3.67. The lowest BCUT2D eigenvalue weighted by Crippen LogP contribution is -1.98. The van der Waals surface area contributed by atoms with E-state index in [0.29, 0.717) is 15.6 Å². The lowest BCUT2D eigenvalue weighted by atomic mass is 10.1. The first-order valence-electron chi connectivity index (χ1n) is 4.01. The van der Waals surface area contributed by atoms with Crippen LogP contribution in [0.3, 0.4) is 0 Å². The Bertz CT molecular complexity index is 395. The fraction of sp³-hybridized carbons (Fsp3) is 0.200. The van der Waals surface area contributed by atoms with Crippen LogP contribution in [0.5, 0.6) is 0 Å². The van der Waals surface area contributed by atoms with Crippen LogP contribution in [0.25, 0.3) is 0 Å². The summed E-state index contributed by atoms with van der Waals surface area (Å²) >= 11 is 11.5. The molecule has 0 spiro atoms. The molecule has 0 saturated heterocycles. The van der Waals surface area contributed by atoms with E-state index in [2.05, 4.69) is 4.98 Å². The number of ketones is 1. The Morgan fingerprint density at radius 3 is 2.71 bits per heavy atom. The average molecular weight is 230 g/mol. The van der Waals surface area contributed by atoms with Gasteiger partial charge in [-0.15, -0.1) is 0 Å². The summed E-state index contributed by atoms with van der Waals surface area (Å²) in [5.41, 5.74) is 1.15. The van der Waals surface area contributed by atoms with Crippen molar-refractivity contribution >= 4 is 29.0 Å². The van der Waals surface area contributed by atoms with E-state index in [9.17, 15) is 4.79 Å². The van der Waals surface area contributed by atoms with Gasteiger partial charge in [-0.25, -0.2) is 0 Å². The van der Waals surface area contributed by atoms with E-state index in [1.54, 1.807) is 13.0 Å². The molecule has 14 heavy (non-hydrogen) atoms. The van der Waals surface area contributed by atoms with Crippen molar-refractivity contribution in [1.29, 1.82) is 0 Å². The van der Waals surface area contributed by atoms with Crippen molar-refractivity contribution in [3.63, 3.8) is 0 Å². The molecule has 0 aromatic carbocycles. The number of rotatable bonds is 2. The third kappa shape index (κ3) is 2.82. The van der Waals surface area contributed by atoms with Crippen LogP contribution in [0, 0.1) is 6.92 Å². The van der Waals surface area contributed by atoms with E-state index in [1.165, 1.54) is 12.3 Å². The molecule has 0 amide bonds. The number of nitrogens with zero attached hydrogens (tertiary/aromatic N) is 1. The molecule has 0 aliphatic rings. The quantitative estimate of drug-likeness (QED) is 0.575. The minimum atomic E-state index is -0.227. The number of halogens is 2. The van der Waals surface area contributed by atoms with Gasteiger partial charge in [0.2, 0.25) is 0 Å². The summed E-state index contributed by atoms with van der Waals surface area (Å²) in [6.07, 6.45) is 2.77. The zero-order valence-electron chi connectivity index (χ0n) is 7.84. The summed E-state index contributed by atoms with van der Waals surface area (Å²) in [4.78, 5) is 15.5. The van der Waals surface area contributed by atoms with Crippen molar-refractivity contribution in [3.05, 3.63) is 39.7 Å². The normalized spacial score (nSPS) is 11.6. The van der Waals surface area contributed by atoms with Crippen molar-refractivity contribution in [1.82, 2.24) is 4.98 Å². The van der Waals surface area contributed by atoms with Gasteiger partial charge >= 0.3 is 0 Å². The molecule has 0 fully saturated rings. The Morgan fingerprint density at radius 2 is 2.21 bits per heavy atom. The number of carbonyl (C=O) groups excluding carboxylic acids is 1. The second-order valence-corrected chi connectivity index (χ2v) is 3.90. The second kappa shape index (κ2) is 4.58. The molecule has 2 nitrogen and oxygen atoms in total. The van der Waals surface area contributed by atoms with Gasteiger partial charge in [-0.1, -0.05) is 23.2 Å². The maximum absolute atomic E-state index is 11.5. The largest absolute Gasteiger partial charge is 0.289 e. The molecule has 0 bridgehead atoms. The third-order valence-corrected chi connectivity index (χ3v) is 2.01. The summed E-state index contributed by atoms with van der Waals surface area (Å²) in [6, 6.07) is 1.65. The molecule has 0 N–H and O–H groups in total. The highest BCUT2D eigenvalue weighted by Gasteiger charge is 2.08. The molecule has 0 atom stereocenters. The minimum Gasteiger partial charge on any atom is -0.289 e.